The highest BCUT2D eigenvalue weighted by atomic mass is 16.7. The minimum Gasteiger partial charge on any atom is -0.399 e. The molecule has 4 nitrogen and oxygen atoms in total. The van der Waals surface area contributed by atoms with Gasteiger partial charge in [-0.2, -0.15) is 0 Å². The largest absolute Gasteiger partial charge is 0.495 e. The van der Waals surface area contributed by atoms with Gasteiger partial charge in [-0.15, -0.1) is 0 Å². The Bertz CT molecular complexity index is 553. The fraction of sp³-hybridized carbons (Fsp3) is 0.611. The third-order valence-electron chi connectivity index (χ3n) is 4.62. The summed E-state index contributed by atoms with van der Waals surface area (Å²) in [4.78, 5) is 12.1. The van der Waals surface area contributed by atoms with Crippen LogP contribution in [0.15, 0.2) is 24.3 Å². The molecule has 23 heavy (non-hydrogen) atoms. The van der Waals surface area contributed by atoms with E-state index in [2.05, 4.69) is 19.2 Å². The predicted octanol–water partition coefficient (Wildman–Crippen LogP) is 2.30. The first-order valence-electron chi connectivity index (χ1n) is 8.32. The van der Waals surface area contributed by atoms with Crippen molar-refractivity contribution in [3.8, 4) is 0 Å². The molecular weight excluding hydrogens is 289 g/mol. The van der Waals surface area contributed by atoms with E-state index >= 15 is 0 Å². The highest BCUT2D eigenvalue weighted by Crippen LogP contribution is 2.36. The maximum Gasteiger partial charge on any atom is 0.495 e. The fourth-order valence-electron chi connectivity index (χ4n) is 2.45. The van der Waals surface area contributed by atoms with Gasteiger partial charge in [0, 0.05) is 6.54 Å². The number of rotatable bonds is 5. The van der Waals surface area contributed by atoms with Crippen LogP contribution in [0, 0.1) is 5.92 Å². The lowest BCUT2D eigenvalue weighted by atomic mass is 9.75. The van der Waals surface area contributed by atoms with Crippen LogP contribution in [-0.2, 0) is 20.5 Å². The van der Waals surface area contributed by atoms with Crippen molar-refractivity contribution in [2.45, 2.75) is 59.2 Å². The van der Waals surface area contributed by atoms with Crippen LogP contribution in [0.25, 0.3) is 0 Å². The SMILES string of the molecule is CC(C)CNC(=O)Cc1ccccc1B1OC(C)(C)C(C)(C)O1. The molecule has 0 radical (unpaired) electrons. The lowest BCUT2D eigenvalue weighted by Gasteiger charge is -2.32. The molecule has 0 aliphatic carbocycles. The number of hydrogen-bond acceptors (Lipinski definition) is 3. The molecule has 5 heteroatoms. The smallest absolute Gasteiger partial charge is 0.399 e. The quantitative estimate of drug-likeness (QED) is 0.848. The molecule has 1 fully saturated rings. The molecule has 1 N–H and O–H groups in total. The van der Waals surface area contributed by atoms with E-state index in [1.807, 2.05) is 52.0 Å². The Hall–Kier alpha value is -1.33. The zero-order valence-electron chi connectivity index (χ0n) is 15.1. The van der Waals surface area contributed by atoms with E-state index in [0.29, 0.717) is 18.9 Å². The molecular formula is C18H28BNO3. The molecule has 0 atom stereocenters. The zero-order chi connectivity index (χ0) is 17.3. The van der Waals surface area contributed by atoms with Crippen LogP contribution in [-0.4, -0.2) is 30.8 Å². The second kappa shape index (κ2) is 6.66. The average molecular weight is 317 g/mol. The van der Waals surface area contributed by atoms with Gasteiger partial charge in [-0.05, 0) is 44.6 Å². The Morgan fingerprint density at radius 2 is 1.70 bits per heavy atom. The van der Waals surface area contributed by atoms with Crippen molar-refractivity contribution in [3.05, 3.63) is 29.8 Å². The minimum absolute atomic E-state index is 0.0302. The van der Waals surface area contributed by atoms with E-state index in [9.17, 15) is 4.79 Å². The van der Waals surface area contributed by atoms with Crippen molar-refractivity contribution in [1.82, 2.24) is 5.32 Å². The Kier molecular flexibility index (Phi) is 5.22. The lowest BCUT2D eigenvalue weighted by molar-refractivity contribution is -0.120. The second-order valence-corrected chi connectivity index (χ2v) is 7.66. The summed E-state index contributed by atoms with van der Waals surface area (Å²) >= 11 is 0. The van der Waals surface area contributed by atoms with Crippen LogP contribution in [0.3, 0.4) is 0 Å². The van der Waals surface area contributed by atoms with Crippen LogP contribution in [0.1, 0.15) is 47.1 Å². The number of nitrogens with one attached hydrogen (secondary N) is 1. The van der Waals surface area contributed by atoms with Crippen molar-refractivity contribution in [1.29, 1.82) is 0 Å². The molecule has 2 rings (SSSR count). The molecule has 0 spiro atoms. The van der Waals surface area contributed by atoms with Gasteiger partial charge in [-0.1, -0.05) is 38.1 Å². The molecule has 126 valence electrons. The Balaban J connectivity index is 2.14. The van der Waals surface area contributed by atoms with Gasteiger partial charge in [-0.3, -0.25) is 4.79 Å². The van der Waals surface area contributed by atoms with Gasteiger partial charge in [0.05, 0.1) is 17.6 Å². The van der Waals surface area contributed by atoms with Gasteiger partial charge in [0.15, 0.2) is 0 Å². The van der Waals surface area contributed by atoms with Crippen LogP contribution in [0.4, 0.5) is 0 Å². The molecule has 0 bridgehead atoms. The molecule has 1 saturated heterocycles. The molecule has 1 heterocycles. The van der Waals surface area contributed by atoms with Crippen LogP contribution >= 0.6 is 0 Å². The summed E-state index contributed by atoms with van der Waals surface area (Å²) in [6.07, 6.45) is 0.340. The normalized spacial score (nSPS) is 19.2. The second-order valence-electron chi connectivity index (χ2n) is 7.66. The molecule has 1 aliphatic rings. The van der Waals surface area contributed by atoms with Gasteiger partial charge in [0.25, 0.3) is 0 Å². The molecule has 0 saturated carbocycles. The predicted molar refractivity (Wildman–Crippen MR) is 93.7 cm³/mol. The summed E-state index contributed by atoms with van der Waals surface area (Å²) in [6.45, 7) is 13.0. The first-order valence-corrected chi connectivity index (χ1v) is 8.32. The minimum atomic E-state index is -0.436. The van der Waals surface area contributed by atoms with E-state index in [1.54, 1.807) is 0 Å². The van der Waals surface area contributed by atoms with Crippen LogP contribution in [0.2, 0.25) is 0 Å². The first kappa shape index (κ1) is 18.0. The van der Waals surface area contributed by atoms with Gasteiger partial charge in [-0.25, -0.2) is 0 Å². The highest BCUT2D eigenvalue weighted by molar-refractivity contribution is 6.62. The van der Waals surface area contributed by atoms with Gasteiger partial charge in [0.1, 0.15) is 0 Å². The van der Waals surface area contributed by atoms with Crippen LogP contribution in [0.5, 0.6) is 0 Å². The number of benzene rings is 1. The molecule has 1 aliphatic heterocycles. The summed E-state index contributed by atoms with van der Waals surface area (Å²) in [5.74, 6) is 0.472. The third kappa shape index (κ3) is 4.15. The standard InChI is InChI=1S/C18H28BNO3/c1-13(2)12-20-16(21)11-14-9-7-8-10-15(14)19-22-17(3,4)18(5,6)23-19/h7-10,13H,11-12H2,1-6H3,(H,20,21). The summed E-state index contributed by atoms with van der Waals surface area (Å²) < 4.78 is 12.2. The van der Waals surface area contributed by atoms with Crippen molar-refractivity contribution >= 4 is 18.5 Å². The summed E-state index contributed by atoms with van der Waals surface area (Å²) in [5, 5.41) is 2.96. The van der Waals surface area contributed by atoms with Gasteiger partial charge < -0.3 is 14.6 Å². The molecule has 0 unspecified atom stereocenters. The Morgan fingerprint density at radius 3 is 2.26 bits per heavy atom. The number of carbonyl (C=O) groups is 1. The lowest BCUT2D eigenvalue weighted by Crippen LogP contribution is -2.41. The van der Waals surface area contributed by atoms with E-state index < -0.39 is 7.12 Å². The molecule has 0 aromatic heterocycles. The van der Waals surface area contributed by atoms with E-state index in [-0.39, 0.29) is 17.1 Å². The first-order chi connectivity index (χ1) is 10.6. The molecule has 1 aromatic carbocycles. The van der Waals surface area contributed by atoms with Gasteiger partial charge >= 0.3 is 7.12 Å². The van der Waals surface area contributed by atoms with E-state index in [4.69, 9.17) is 9.31 Å². The monoisotopic (exact) mass is 317 g/mol. The van der Waals surface area contributed by atoms with Crippen molar-refractivity contribution in [2.24, 2.45) is 5.92 Å². The fourth-order valence-corrected chi connectivity index (χ4v) is 2.45. The molecule has 1 amide bonds. The van der Waals surface area contributed by atoms with Crippen molar-refractivity contribution in [3.63, 3.8) is 0 Å². The van der Waals surface area contributed by atoms with Crippen molar-refractivity contribution in [2.75, 3.05) is 6.54 Å². The Labute approximate surface area is 140 Å². The number of carbonyl (C=O) groups excluding carboxylic acids is 1. The van der Waals surface area contributed by atoms with E-state index in [0.717, 1.165) is 11.0 Å². The maximum absolute atomic E-state index is 12.1. The highest BCUT2D eigenvalue weighted by Gasteiger charge is 2.52. The molecule has 1 aromatic rings. The number of hydrogen-bond donors (Lipinski definition) is 1. The van der Waals surface area contributed by atoms with E-state index in [1.165, 1.54) is 0 Å². The number of amides is 1. The topological polar surface area (TPSA) is 47.6 Å². The summed E-state index contributed by atoms with van der Waals surface area (Å²) in [5.41, 5.74) is 1.12. The summed E-state index contributed by atoms with van der Waals surface area (Å²) in [6, 6.07) is 7.85. The van der Waals surface area contributed by atoms with Gasteiger partial charge in [0.2, 0.25) is 5.91 Å². The zero-order valence-corrected chi connectivity index (χ0v) is 15.1. The van der Waals surface area contributed by atoms with Crippen LogP contribution < -0.4 is 10.8 Å². The third-order valence-corrected chi connectivity index (χ3v) is 4.62. The average Bonchev–Trinajstić information content (AvgIpc) is 2.65. The maximum atomic E-state index is 12.1. The summed E-state index contributed by atoms with van der Waals surface area (Å²) in [7, 11) is -0.436. The van der Waals surface area contributed by atoms with Crippen molar-refractivity contribution < 1.29 is 14.1 Å². The Morgan fingerprint density at radius 1 is 1.13 bits per heavy atom.